The van der Waals surface area contributed by atoms with Crippen LogP contribution in [0.3, 0.4) is 0 Å². The molecule has 98 valence electrons. The number of hydrogen-bond donors (Lipinski definition) is 2. The van der Waals surface area contributed by atoms with E-state index in [2.05, 4.69) is 10.5 Å². The van der Waals surface area contributed by atoms with E-state index in [1.165, 1.54) is 0 Å². The van der Waals surface area contributed by atoms with Crippen molar-refractivity contribution in [1.82, 2.24) is 10.5 Å². The number of unbranched alkanes of at least 4 members (excludes halogenated alkanes) is 1. The maximum Gasteiger partial charge on any atom is 0.303 e. The maximum atomic E-state index is 11.6. The van der Waals surface area contributed by atoms with Crippen LogP contribution in [0.1, 0.15) is 54.3 Å². The number of nitrogens with zero attached hydrogens (tertiary/aromatic N) is 1. The molecule has 0 unspecified atom stereocenters. The third kappa shape index (κ3) is 3.58. The smallest absolute Gasteiger partial charge is 0.303 e. The number of carbonyl (C=O) groups excluding carboxylic acids is 1. The van der Waals surface area contributed by atoms with Crippen molar-refractivity contribution in [2.24, 2.45) is 0 Å². The number of amides is 1. The van der Waals surface area contributed by atoms with Crippen LogP contribution in [0.2, 0.25) is 0 Å². The Hall–Kier alpha value is -1.85. The highest BCUT2D eigenvalue weighted by atomic mass is 16.5. The lowest BCUT2D eigenvalue weighted by atomic mass is 10.2. The number of aromatic nitrogens is 1. The maximum absolute atomic E-state index is 11.6. The van der Waals surface area contributed by atoms with E-state index in [9.17, 15) is 9.59 Å². The minimum Gasteiger partial charge on any atom is -0.481 e. The molecular weight excluding hydrogens is 236 g/mol. The van der Waals surface area contributed by atoms with Crippen molar-refractivity contribution in [3.05, 3.63) is 17.5 Å². The molecule has 1 aliphatic rings. The molecule has 0 aliphatic heterocycles. The van der Waals surface area contributed by atoms with Gasteiger partial charge in [-0.05, 0) is 25.7 Å². The van der Waals surface area contributed by atoms with Gasteiger partial charge in [0.05, 0.1) is 5.69 Å². The standard InChI is InChI=1S/C12H16N2O4/c15-11(16)3-1-2-6-13-12(17)10-7-9(14-18-10)8-4-5-8/h7-8H,1-6H2,(H,13,17)(H,15,16). The first kappa shape index (κ1) is 12.6. The fourth-order valence-electron chi connectivity index (χ4n) is 1.66. The topological polar surface area (TPSA) is 92.4 Å². The number of carboxylic acids is 1. The van der Waals surface area contributed by atoms with Gasteiger partial charge in [0.15, 0.2) is 0 Å². The monoisotopic (exact) mass is 252 g/mol. The molecule has 1 fully saturated rings. The van der Waals surface area contributed by atoms with Gasteiger partial charge < -0.3 is 14.9 Å². The summed E-state index contributed by atoms with van der Waals surface area (Å²) in [6.45, 7) is 0.450. The highest BCUT2D eigenvalue weighted by molar-refractivity contribution is 5.91. The fourth-order valence-corrected chi connectivity index (χ4v) is 1.66. The molecule has 0 atom stereocenters. The molecule has 0 radical (unpaired) electrons. The number of nitrogens with one attached hydrogen (secondary N) is 1. The Labute approximate surface area is 104 Å². The second-order valence-electron chi connectivity index (χ2n) is 4.50. The van der Waals surface area contributed by atoms with E-state index in [1.54, 1.807) is 6.07 Å². The van der Waals surface area contributed by atoms with Crippen LogP contribution in [-0.4, -0.2) is 28.7 Å². The molecule has 6 nitrogen and oxygen atoms in total. The predicted octanol–water partition coefficient (Wildman–Crippen LogP) is 1.54. The molecule has 6 heteroatoms. The summed E-state index contributed by atoms with van der Waals surface area (Å²) in [5.41, 5.74) is 0.853. The number of rotatable bonds is 7. The summed E-state index contributed by atoms with van der Waals surface area (Å²) in [5, 5.41) is 15.0. The third-order valence-corrected chi connectivity index (χ3v) is 2.85. The molecule has 1 heterocycles. The van der Waals surface area contributed by atoms with Gasteiger partial charge in [0.25, 0.3) is 5.91 Å². The second kappa shape index (κ2) is 5.66. The Kier molecular flexibility index (Phi) is 3.96. The molecular formula is C12H16N2O4. The van der Waals surface area contributed by atoms with Crippen LogP contribution < -0.4 is 5.32 Å². The number of hydrogen-bond acceptors (Lipinski definition) is 4. The molecule has 0 saturated heterocycles. The van der Waals surface area contributed by atoms with E-state index in [1.807, 2.05) is 0 Å². The molecule has 1 aliphatic carbocycles. The first-order chi connectivity index (χ1) is 8.66. The van der Waals surface area contributed by atoms with E-state index in [4.69, 9.17) is 9.63 Å². The zero-order valence-corrected chi connectivity index (χ0v) is 10.0. The number of aliphatic carboxylic acids is 1. The molecule has 1 amide bonds. The second-order valence-corrected chi connectivity index (χ2v) is 4.50. The lowest BCUT2D eigenvalue weighted by molar-refractivity contribution is -0.137. The van der Waals surface area contributed by atoms with Crippen molar-refractivity contribution in [3.8, 4) is 0 Å². The van der Waals surface area contributed by atoms with E-state index in [0.29, 0.717) is 25.3 Å². The van der Waals surface area contributed by atoms with Gasteiger partial charge >= 0.3 is 5.97 Å². The van der Waals surface area contributed by atoms with Crippen molar-refractivity contribution in [2.75, 3.05) is 6.54 Å². The Morgan fingerprint density at radius 3 is 2.89 bits per heavy atom. The van der Waals surface area contributed by atoms with Gasteiger partial charge in [-0.1, -0.05) is 5.16 Å². The van der Waals surface area contributed by atoms with Crippen LogP contribution in [0.25, 0.3) is 0 Å². The largest absolute Gasteiger partial charge is 0.481 e. The van der Waals surface area contributed by atoms with Crippen molar-refractivity contribution in [3.63, 3.8) is 0 Å². The van der Waals surface area contributed by atoms with Crippen LogP contribution in [0.15, 0.2) is 10.6 Å². The molecule has 18 heavy (non-hydrogen) atoms. The minimum atomic E-state index is -0.814. The lowest BCUT2D eigenvalue weighted by Crippen LogP contribution is -2.24. The Balaban J connectivity index is 1.68. The fraction of sp³-hybridized carbons (Fsp3) is 0.583. The Morgan fingerprint density at radius 1 is 1.44 bits per heavy atom. The minimum absolute atomic E-state index is 0.129. The number of carboxylic acid groups (broad SMARTS) is 1. The van der Waals surface area contributed by atoms with Crippen molar-refractivity contribution < 1.29 is 19.2 Å². The summed E-state index contributed by atoms with van der Waals surface area (Å²) in [5.74, 6) is -0.406. The highest BCUT2D eigenvalue weighted by Gasteiger charge is 2.28. The first-order valence-electron chi connectivity index (χ1n) is 6.13. The predicted molar refractivity (Wildman–Crippen MR) is 62.3 cm³/mol. The molecule has 0 aromatic carbocycles. The van der Waals surface area contributed by atoms with E-state index in [0.717, 1.165) is 18.5 Å². The van der Waals surface area contributed by atoms with Crippen LogP contribution in [-0.2, 0) is 4.79 Å². The molecule has 1 aromatic heterocycles. The molecule has 2 rings (SSSR count). The zero-order valence-electron chi connectivity index (χ0n) is 10.0. The Morgan fingerprint density at radius 2 is 2.22 bits per heavy atom. The zero-order chi connectivity index (χ0) is 13.0. The summed E-state index contributed by atoms with van der Waals surface area (Å²) >= 11 is 0. The van der Waals surface area contributed by atoms with E-state index < -0.39 is 5.97 Å². The van der Waals surface area contributed by atoms with E-state index in [-0.39, 0.29) is 18.1 Å². The van der Waals surface area contributed by atoms with Gasteiger partial charge in [0.1, 0.15) is 0 Å². The first-order valence-corrected chi connectivity index (χ1v) is 6.13. The van der Waals surface area contributed by atoms with Gasteiger partial charge in [-0.2, -0.15) is 0 Å². The molecule has 0 bridgehead atoms. The summed E-state index contributed by atoms with van der Waals surface area (Å²) < 4.78 is 4.97. The van der Waals surface area contributed by atoms with Gasteiger partial charge in [-0.25, -0.2) is 0 Å². The molecule has 0 spiro atoms. The average Bonchev–Trinajstić information content (AvgIpc) is 3.06. The normalized spacial score (nSPS) is 14.4. The van der Waals surface area contributed by atoms with Gasteiger partial charge in [0.2, 0.25) is 5.76 Å². The van der Waals surface area contributed by atoms with Crippen LogP contribution in [0, 0.1) is 0 Å². The average molecular weight is 252 g/mol. The van der Waals surface area contributed by atoms with Gasteiger partial charge in [0, 0.05) is 24.9 Å². The highest BCUT2D eigenvalue weighted by Crippen LogP contribution is 2.39. The van der Waals surface area contributed by atoms with E-state index >= 15 is 0 Å². The van der Waals surface area contributed by atoms with Crippen LogP contribution >= 0.6 is 0 Å². The van der Waals surface area contributed by atoms with Gasteiger partial charge in [-0.3, -0.25) is 9.59 Å². The summed E-state index contributed by atoms with van der Waals surface area (Å²) in [4.78, 5) is 21.9. The van der Waals surface area contributed by atoms with Crippen LogP contribution in [0.4, 0.5) is 0 Å². The van der Waals surface area contributed by atoms with Crippen molar-refractivity contribution >= 4 is 11.9 Å². The molecule has 1 saturated carbocycles. The number of carbonyl (C=O) groups is 2. The molecule has 1 aromatic rings. The SMILES string of the molecule is O=C(O)CCCCNC(=O)c1cc(C2CC2)no1. The summed E-state index contributed by atoms with van der Waals surface area (Å²) in [6.07, 6.45) is 3.55. The van der Waals surface area contributed by atoms with Gasteiger partial charge in [-0.15, -0.1) is 0 Å². The van der Waals surface area contributed by atoms with Crippen molar-refractivity contribution in [2.45, 2.75) is 38.0 Å². The summed E-state index contributed by atoms with van der Waals surface area (Å²) in [7, 11) is 0. The third-order valence-electron chi connectivity index (χ3n) is 2.85. The summed E-state index contributed by atoms with van der Waals surface area (Å²) in [6, 6.07) is 1.68. The Bertz CT molecular complexity index is 437. The molecule has 2 N–H and O–H groups in total. The quantitative estimate of drug-likeness (QED) is 0.718. The van der Waals surface area contributed by atoms with Crippen molar-refractivity contribution in [1.29, 1.82) is 0 Å². The lowest BCUT2D eigenvalue weighted by Gasteiger charge is -2.00. The van der Waals surface area contributed by atoms with Crippen LogP contribution in [0.5, 0.6) is 0 Å².